The normalized spacial score (nSPS) is 14.6. The van der Waals surface area contributed by atoms with E-state index in [0.717, 1.165) is 6.42 Å². The van der Waals surface area contributed by atoms with Gasteiger partial charge in [0.1, 0.15) is 0 Å². The summed E-state index contributed by atoms with van der Waals surface area (Å²) in [5.41, 5.74) is 7.71. The van der Waals surface area contributed by atoms with Gasteiger partial charge < -0.3 is 5.73 Å². The molecule has 2 atom stereocenters. The van der Waals surface area contributed by atoms with Crippen molar-refractivity contribution in [3.63, 3.8) is 0 Å². The van der Waals surface area contributed by atoms with Gasteiger partial charge in [-0.05, 0) is 59.0 Å². The number of hydrogen-bond acceptors (Lipinski definition) is 1. The van der Waals surface area contributed by atoms with Crippen LogP contribution in [0, 0.1) is 9.49 Å². The van der Waals surface area contributed by atoms with E-state index in [9.17, 15) is 0 Å². The fourth-order valence-electron chi connectivity index (χ4n) is 2.25. The van der Waals surface area contributed by atoms with Gasteiger partial charge in [0, 0.05) is 9.61 Å². The molecule has 2 unspecified atom stereocenters. The van der Waals surface area contributed by atoms with E-state index in [1.165, 1.54) is 34.8 Å². The van der Waals surface area contributed by atoms with E-state index in [1.54, 1.807) is 0 Å². The lowest BCUT2D eigenvalue weighted by molar-refractivity contribution is 0.369. The standard InChI is InChI=1S/C15H24IN/c1-3-5-6-13(4-2)15(17)11-12-7-9-14(16)10-8-12/h7-10,13,15H,3-6,11,17H2,1-2H3. The molecular formula is C15H24IN. The van der Waals surface area contributed by atoms with Crippen LogP contribution in [0.5, 0.6) is 0 Å². The molecule has 0 spiro atoms. The molecule has 0 heterocycles. The number of hydrogen-bond donors (Lipinski definition) is 1. The van der Waals surface area contributed by atoms with Crippen molar-refractivity contribution in [1.29, 1.82) is 0 Å². The summed E-state index contributed by atoms with van der Waals surface area (Å²) < 4.78 is 1.29. The first kappa shape index (κ1) is 15.0. The zero-order chi connectivity index (χ0) is 12.7. The predicted octanol–water partition coefficient (Wildman–Crippen LogP) is 4.38. The third-order valence-electron chi connectivity index (χ3n) is 3.44. The number of halogens is 1. The molecule has 0 amide bonds. The van der Waals surface area contributed by atoms with Crippen molar-refractivity contribution in [3.8, 4) is 0 Å². The van der Waals surface area contributed by atoms with Crippen molar-refractivity contribution >= 4 is 22.6 Å². The maximum absolute atomic E-state index is 6.34. The van der Waals surface area contributed by atoms with Crippen LogP contribution >= 0.6 is 22.6 Å². The Morgan fingerprint density at radius 2 is 1.82 bits per heavy atom. The first-order valence-corrected chi connectivity index (χ1v) is 7.75. The summed E-state index contributed by atoms with van der Waals surface area (Å²) >= 11 is 2.34. The molecule has 1 nitrogen and oxygen atoms in total. The molecule has 1 aromatic rings. The molecule has 0 saturated heterocycles. The van der Waals surface area contributed by atoms with Gasteiger partial charge in [-0.2, -0.15) is 0 Å². The molecule has 17 heavy (non-hydrogen) atoms. The van der Waals surface area contributed by atoms with Crippen LogP contribution < -0.4 is 5.73 Å². The summed E-state index contributed by atoms with van der Waals surface area (Å²) in [5, 5.41) is 0. The molecular weight excluding hydrogens is 321 g/mol. The molecule has 0 radical (unpaired) electrons. The summed E-state index contributed by atoms with van der Waals surface area (Å²) in [6.45, 7) is 4.51. The number of nitrogens with two attached hydrogens (primary N) is 1. The lowest BCUT2D eigenvalue weighted by Gasteiger charge is -2.22. The quantitative estimate of drug-likeness (QED) is 0.730. The van der Waals surface area contributed by atoms with E-state index in [2.05, 4.69) is 60.7 Å². The van der Waals surface area contributed by atoms with E-state index in [1.807, 2.05) is 0 Å². The van der Waals surface area contributed by atoms with Gasteiger partial charge in [0.15, 0.2) is 0 Å². The van der Waals surface area contributed by atoms with Gasteiger partial charge in [0.05, 0.1) is 0 Å². The molecule has 0 fully saturated rings. The van der Waals surface area contributed by atoms with Crippen molar-refractivity contribution in [2.75, 3.05) is 0 Å². The monoisotopic (exact) mass is 345 g/mol. The van der Waals surface area contributed by atoms with E-state index in [0.29, 0.717) is 12.0 Å². The molecule has 0 aliphatic rings. The van der Waals surface area contributed by atoms with Gasteiger partial charge in [-0.15, -0.1) is 0 Å². The summed E-state index contributed by atoms with van der Waals surface area (Å²) in [5.74, 6) is 0.675. The maximum Gasteiger partial charge on any atom is 0.0130 e. The largest absolute Gasteiger partial charge is 0.327 e. The van der Waals surface area contributed by atoms with Crippen LogP contribution in [0.4, 0.5) is 0 Å². The third kappa shape index (κ3) is 5.38. The van der Waals surface area contributed by atoms with Gasteiger partial charge in [0.25, 0.3) is 0 Å². The Morgan fingerprint density at radius 1 is 1.18 bits per heavy atom. The molecule has 0 saturated carbocycles. The van der Waals surface area contributed by atoms with Crippen molar-refractivity contribution in [1.82, 2.24) is 0 Å². The molecule has 0 aliphatic heterocycles. The van der Waals surface area contributed by atoms with Gasteiger partial charge >= 0.3 is 0 Å². The van der Waals surface area contributed by atoms with Crippen molar-refractivity contribution in [2.45, 2.75) is 52.0 Å². The molecule has 2 heteroatoms. The lowest BCUT2D eigenvalue weighted by Crippen LogP contribution is -2.32. The maximum atomic E-state index is 6.34. The van der Waals surface area contributed by atoms with Crippen molar-refractivity contribution in [3.05, 3.63) is 33.4 Å². The highest BCUT2D eigenvalue weighted by molar-refractivity contribution is 14.1. The zero-order valence-corrected chi connectivity index (χ0v) is 13.1. The second kappa shape index (κ2) is 8.09. The summed E-state index contributed by atoms with van der Waals surface area (Å²) in [7, 11) is 0. The van der Waals surface area contributed by atoms with Crippen LogP contribution in [0.15, 0.2) is 24.3 Å². The summed E-state index contributed by atoms with van der Waals surface area (Å²) in [4.78, 5) is 0. The number of rotatable bonds is 7. The van der Waals surface area contributed by atoms with E-state index < -0.39 is 0 Å². The van der Waals surface area contributed by atoms with Gasteiger partial charge in [-0.25, -0.2) is 0 Å². The van der Waals surface area contributed by atoms with Crippen LogP contribution in [0.25, 0.3) is 0 Å². The first-order valence-electron chi connectivity index (χ1n) is 6.67. The highest BCUT2D eigenvalue weighted by Gasteiger charge is 2.15. The fraction of sp³-hybridized carbons (Fsp3) is 0.600. The fourth-order valence-corrected chi connectivity index (χ4v) is 2.61. The van der Waals surface area contributed by atoms with Crippen LogP contribution in [-0.2, 0) is 6.42 Å². The minimum absolute atomic E-state index is 0.312. The highest BCUT2D eigenvalue weighted by Crippen LogP contribution is 2.19. The van der Waals surface area contributed by atoms with Crippen LogP contribution in [0.2, 0.25) is 0 Å². The molecule has 2 N–H and O–H groups in total. The lowest BCUT2D eigenvalue weighted by atomic mass is 9.88. The molecule has 1 rings (SSSR count). The summed E-state index contributed by atoms with van der Waals surface area (Å²) in [6.07, 6.45) is 6.06. The third-order valence-corrected chi connectivity index (χ3v) is 4.16. The second-order valence-electron chi connectivity index (χ2n) is 4.81. The Bertz CT molecular complexity index is 307. The Morgan fingerprint density at radius 3 is 2.35 bits per heavy atom. The average molecular weight is 345 g/mol. The average Bonchev–Trinajstić information content (AvgIpc) is 2.33. The van der Waals surface area contributed by atoms with Crippen LogP contribution in [0.3, 0.4) is 0 Å². The molecule has 0 aliphatic carbocycles. The Kier molecular flexibility index (Phi) is 7.12. The minimum atomic E-state index is 0.312. The number of benzene rings is 1. The Balaban J connectivity index is 2.51. The smallest absolute Gasteiger partial charge is 0.0130 e. The summed E-state index contributed by atoms with van der Waals surface area (Å²) in [6, 6.07) is 9.04. The molecule has 96 valence electrons. The minimum Gasteiger partial charge on any atom is -0.327 e. The van der Waals surface area contributed by atoms with E-state index >= 15 is 0 Å². The van der Waals surface area contributed by atoms with Gasteiger partial charge in [-0.3, -0.25) is 0 Å². The SMILES string of the molecule is CCCCC(CC)C(N)Cc1ccc(I)cc1. The molecule has 0 aromatic heterocycles. The first-order chi connectivity index (χ1) is 8.17. The van der Waals surface area contributed by atoms with E-state index in [-0.39, 0.29) is 0 Å². The molecule has 0 bridgehead atoms. The van der Waals surface area contributed by atoms with Crippen molar-refractivity contribution in [2.24, 2.45) is 11.7 Å². The van der Waals surface area contributed by atoms with Gasteiger partial charge in [0.2, 0.25) is 0 Å². The second-order valence-corrected chi connectivity index (χ2v) is 6.05. The van der Waals surface area contributed by atoms with E-state index in [4.69, 9.17) is 5.73 Å². The van der Waals surface area contributed by atoms with Crippen LogP contribution in [-0.4, -0.2) is 6.04 Å². The highest BCUT2D eigenvalue weighted by atomic mass is 127. The number of unbranched alkanes of at least 4 members (excludes halogenated alkanes) is 1. The topological polar surface area (TPSA) is 26.0 Å². The van der Waals surface area contributed by atoms with Crippen LogP contribution in [0.1, 0.15) is 45.1 Å². The predicted molar refractivity (Wildman–Crippen MR) is 84.1 cm³/mol. The Labute approximate surface area is 119 Å². The Hall–Kier alpha value is -0.0900. The van der Waals surface area contributed by atoms with Crippen molar-refractivity contribution < 1.29 is 0 Å². The van der Waals surface area contributed by atoms with Gasteiger partial charge in [-0.1, -0.05) is 45.2 Å². The molecule has 1 aromatic carbocycles. The zero-order valence-electron chi connectivity index (χ0n) is 11.0.